The van der Waals surface area contributed by atoms with E-state index in [9.17, 15) is 9.59 Å². The van der Waals surface area contributed by atoms with Crippen molar-refractivity contribution in [3.05, 3.63) is 0 Å². The molecular weight excluding hydrogens is 456 g/mol. The summed E-state index contributed by atoms with van der Waals surface area (Å²) in [6.45, 7) is 0.0874. The minimum absolute atomic E-state index is 0.0874. The van der Waals surface area contributed by atoms with Gasteiger partial charge in [-0.1, -0.05) is 15.9 Å². The Morgan fingerprint density at radius 2 is 1.40 bits per heavy atom. The van der Waals surface area contributed by atoms with Crippen LogP contribution in [0.5, 0.6) is 0 Å². The van der Waals surface area contributed by atoms with Crippen molar-refractivity contribution >= 4 is 60.2 Å². The fourth-order valence-corrected chi connectivity index (χ4v) is 6.72. The van der Waals surface area contributed by atoms with E-state index in [1.807, 2.05) is 0 Å². The number of rotatable bonds is 0. The van der Waals surface area contributed by atoms with Crippen LogP contribution >= 0.6 is 48.2 Å². The Kier molecular flexibility index (Phi) is 4.23. The Hall–Kier alpha value is 0.380. The van der Waals surface area contributed by atoms with E-state index in [0.717, 1.165) is 25.6 Å². The molecule has 0 unspecified atom stereocenters. The molecule has 0 atom stereocenters. The molecule has 1 heterocycles. The molecule has 4 saturated carbocycles. The van der Waals surface area contributed by atoms with Crippen molar-refractivity contribution in [1.29, 1.82) is 0 Å². The fraction of sp³-hybridized carbons (Fsp3) is 0.846. The number of nitrogens with zero attached hydrogens (tertiary/aromatic N) is 2. The van der Waals surface area contributed by atoms with Gasteiger partial charge in [0.25, 0.3) is 5.91 Å². The van der Waals surface area contributed by atoms with Crippen LogP contribution in [0, 0.1) is 17.8 Å². The van der Waals surface area contributed by atoms with Crippen molar-refractivity contribution < 1.29 is 9.59 Å². The molecule has 5 aliphatic rings. The molecular formula is C13H17Br3N2O2. The Balaban J connectivity index is 0.000000124. The molecule has 112 valence electrons. The third-order valence-electron chi connectivity index (χ3n) is 4.83. The van der Waals surface area contributed by atoms with E-state index in [1.165, 1.54) is 19.3 Å². The Morgan fingerprint density at radius 1 is 0.950 bits per heavy atom. The summed E-state index contributed by atoms with van der Waals surface area (Å²) in [6.07, 6.45) is 9.14. The summed E-state index contributed by atoms with van der Waals surface area (Å²) in [4.78, 5) is 21.2. The van der Waals surface area contributed by atoms with Gasteiger partial charge in [0.15, 0.2) is 0 Å². The second kappa shape index (κ2) is 5.54. The normalized spacial score (nSPS) is 42.0. The quantitative estimate of drug-likeness (QED) is 0.301. The van der Waals surface area contributed by atoms with Crippen LogP contribution in [0.4, 0.5) is 4.79 Å². The first-order valence-corrected chi connectivity index (χ1v) is 9.22. The highest BCUT2D eigenvalue weighted by Gasteiger charge is 2.49. The van der Waals surface area contributed by atoms with E-state index in [2.05, 4.69) is 48.2 Å². The summed E-state index contributed by atoms with van der Waals surface area (Å²) >= 11 is 9.60. The lowest BCUT2D eigenvalue weighted by Gasteiger charge is -2.54. The van der Waals surface area contributed by atoms with Gasteiger partial charge in [-0.15, -0.1) is 0 Å². The maximum absolute atomic E-state index is 10.7. The lowest BCUT2D eigenvalue weighted by molar-refractivity contribution is -0.121. The lowest BCUT2D eigenvalue weighted by Crippen LogP contribution is -2.46. The van der Waals surface area contributed by atoms with E-state index in [1.54, 1.807) is 19.3 Å². The molecule has 0 aromatic carbocycles. The maximum Gasteiger partial charge on any atom is 0.347 e. The SMILES string of the molecule is BrC12CC3CC(CC(C3)C1)C2.O=C1CN(Br)C(=O)N1Br. The minimum atomic E-state index is -0.389. The Bertz CT molecular complexity index is 408. The van der Waals surface area contributed by atoms with Crippen LogP contribution in [0.3, 0.4) is 0 Å². The average Bonchev–Trinajstić information content (AvgIpc) is 2.54. The number of hydrogen-bond donors (Lipinski definition) is 0. The first-order valence-electron chi connectivity index (χ1n) is 7.01. The number of hydrogen-bond acceptors (Lipinski definition) is 2. The highest BCUT2D eigenvalue weighted by molar-refractivity contribution is 9.10. The summed E-state index contributed by atoms with van der Waals surface area (Å²) in [5.41, 5.74) is 0. The number of amides is 3. The third kappa shape index (κ3) is 2.95. The van der Waals surface area contributed by atoms with E-state index in [4.69, 9.17) is 0 Å². The van der Waals surface area contributed by atoms with Gasteiger partial charge < -0.3 is 0 Å². The van der Waals surface area contributed by atoms with Crippen molar-refractivity contribution in [3.63, 3.8) is 0 Å². The van der Waals surface area contributed by atoms with Crippen LogP contribution in [0.1, 0.15) is 38.5 Å². The molecule has 4 bridgehead atoms. The minimum Gasteiger partial charge on any atom is -0.271 e. The number of alkyl halides is 1. The molecule has 0 aromatic heterocycles. The Morgan fingerprint density at radius 3 is 1.60 bits per heavy atom. The molecule has 1 saturated heterocycles. The molecule has 3 amide bonds. The standard InChI is InChI=1S/C10H15Br.C3H2Br2N2O2/c11-10-4-7-1-8(5-10)3-9(2-7)6-10;4-6-1-2(8)7(5)3(6)9/h7-9H,1-6H2;1H2. The predicted octanol–water partition coefficient (Wildman–Crippen LogP) is 4.22. The van der Waals surface area contributed by atoms with Gasteiger partial charge >= 0.3 is 6.03 Å². The Labute approximate surface area is 144 Å². The molecule has 1 aliphatic heterocycles. The summed E-state index contributed by atoms with van der Waals surface area (Å²) in [6, 6.07) is -0.389. The zero-order valence-electron chi connectivity index (χ0n) is 11.0. The zero-order chi connectivity index (χ0) is 14.5. The van der Waals surface area contributed by atoms with Gasteiger partial charge in [-0.3, -0.25) is 4.79 Å². The molecule has 0 aromatic rings. The molecule has 4 aliphatic carbocycles. The second-order valence-corrected chi connectivity index (χ2v) is 9.79. The van der Waals surface area contributed by atoms with Gasteiger partial charge in [0.1, 0.15) is 6.54 Å². The van der Waals surface area contributed by atoms with Gasteiger partial charge in [-0.05, 0) is 56.3 Å². The molecule has 0 spiro atoms. The van der Waals surface area contributed by atoms with Crippen molar-refractivity contribution in [2.75, 3.05) is 6.54 Å². The van der Waals surface area contributed by atoms with Gasteiger partial charge in [-0.25, -0.2) is 8.72 Å². The first kappa shape index (κ1) is 15.3. The summed E-state index contributed by atoms with van der Waals surface area (Å²) in [5, 5.41) is 0. The van der Waals surface area contributed by atoms with Crippen molar-refractivity contribution in [1.82, 2.24) is 7.85 Å². The van der Waals surface area contributed by atoms with Crippen molar-refractivity contribution in [2.24, 2.45) is 17.8 Å². The number of halogens is 3. The van der Waals surface area contributed by atoms with Crippen molar-refractivity contribution in [2.45, 2.75) is 42.8 Å². The largest absolute Gasteiger partial charge is 0.347 e. The zero-order valence-corrected chi connectivity index (χ0v) is 15.8. The highest BCUT2D eigenvalue weighted by atomic mass is 79.9. The van der Waals surface area contributed by atoms with Crippen LogP contribution in [-0.2, 0) is 4.79 Å². The van der Waals surface area contributed by atoms with E-state index < -0.39 is 0 Å². The van der Waals surface area contributed by atoms with Gasteiger partial charge in [0.2, 0.25) is 0 Å². The molecule has 5 fully saturated rings. The molecule has 4 nitrogen and oxygen atoms in total. The van der Waals surface area contributed by atoms with Crippen LogP contribution in [0.2, 0.25) is 0 Å². The lowest BCUT2D eigenvalue weighted by atomic mass is 9.56. The van der Waals surface area contributed by atoms with Crippen LogP contribution in [0.15, 0.2) is 0 Å². The smallest absolute Gasteiger partial charge is 0.271 e. The molecule has 0 radical (unpaired) electrons. The third-order valence-corrected chi connectivity index (χ3v) is 7.06. The molecule has 20 heavy (non-hydrogen) atoms. The number of carbonyl (C=O) groups excluding carboxylic acids is 2. The van der Waals surface area contributed by atoms with Crippen LogP contribution in [-0.4, -0.2) is 30.7 Å². The fourth-order valence-electron chi connectivity index (χ4n) is 4.46. The van der Waals surface area contributed by atoms with E-state index in [-0.39, 0.29) is 18.5 Å². The number of imide groups is 1. The number of carbonyl (C=O) groups is 2. The molecule has 7 heteroatoms. The number of urea groups is 1. The second-order valence-electron chi connectivity index (χ2n) is 6.55. The highest BCUT2D eigenvalue weighted by Crippen LogP contribution is 2.58. The van der Waals surface area contributed by atoms with Gasteiger partial charge in [0.05, 0.1) is 32.3 Å². The van der Waals surface area contributed by atoms with E-state index in [0.29, 0.717) is 4.32 Å². The first-order chi connectivity index (χ1) is 9.36. The summed E-state index contributed by atoms with van der Waals surface area (Å²) in [7, 11) is 0. The molecule has 0 N–H and O–H groups in total. The average molecular weight is 473 g/mol. The van der Waals surface area contributed by atoms with Crippen LogP contribution in [0.25, 0.3) is 0 Å². The maximum atomic E-state index is 10.7. The van der Waals surface area contributed by atoms with E-state index >= 15 is 0 Å². The topological polar surface area (TPSA) is 40.6 Å². The predicted molar refractivity (Wildman–Crippen MR) is 86.6 cm³/mol. The van der Waals surface area contributed by atoms with Crippen molar-refractivity contribution in [3.8, 4) is 0 Å². The van der Waals surface area contributed by atoms with Crippen LogP contribution < -0.4 is 0 Å². The monoisotopic (exact) mass is 470 g/mol. The summed E-state index contributed by atoms with van der Waals surface area (Å²) < 4.78 is 2.63. The summed E-state index contributed by atoms with van der Waals surface area (Å²) in [5.74, 6) is 3.03. The molecule has 5 rings (SSSR count). The van der Waals surface area contributed by atoms with Gasteiger partial charge in [-0.2, -0.15) is 3.93 Å². The van der Waals surface area contributed by atoms with Gasteiger partial charge in [0, 0.05) is 4.32 Å².